The third kappa shape index (κ3) is 4.14. The Kier molecular flexibility index (Phi) is 5.67. The second-order valence-electron chi connectivity index (χ2n) is 10.1. The van der Waals surface area contributed by atoms with E-state index in [9.17, 15) is 0 Å². The molecule has 0 aliphatic heterocycles. The number of rotatable bonds is 4. The highest BCUT2D eigenvalue weighted by Gasteiger charge is 2.15. The molecule has 6 heteroatoms. The number of fused-ring (bicyclic) bond motifs is 5. The Morgan fingerprint density at radius 2 is 0.976 bits per heavy atom. The van der Waals surface area contributed by atoms with Crippen LogP contribution in [0.15, 0.2) is 134 Å². The largest absolute Gasteiger partial charge is 0.264 e. The van der Waals surface area contributed by atoms with Gasteiger partial charge in [-0.15, -0.1) is 0 Å². The summed E-state index contributed by atoms with van der Waals surface area (Å²) < 4.78 is 0. The first-order valence-electron chi connectivity index (χ1n) is 13.7. The third-order valence-corrected chi connectivity index (χ3v) is 7.48. The molecular formula is C36H22N6. The monoisotopic (exact) mass is 538 g/mol. The van der Waals surface area contributed by atoms with Crippen LogP contribution in [0.4, 0.5) is 0 Å². The molecule has 4 aromatic heterocycles. The van der Waals surface area contributed by atoms with E-state index in [1.165, 1.54) is 16.2 Å². The summed E-state index contributed by atoms with van der Waals surface area (Å²) in [5.74, 6) is 1.70. The van der Waals surface area contributed by atoms with Crippen molar-refractivity contribution < 1.29 is 0 Å². The van der Waals surface area contributed by atoms with Gasteiger partial charge in [0.1, 0.15) is 0 Å². The zero-order chi connectivity index (χ0) is 27.9. The van der Waals surface area contributed by atoms with E-state index in [-0.39, 0.29) is 0 Å². The Hall–Kier alpha value is -5.88. The van der Waals surface area contributed by atoms with Crippen molar-refractivity contribution in [2.24, 2.45) is 0 Å². The summed E-state index contributed by atoms with van der Waals surface area (Å²) in [6.45, 7) is 0. The molecule has 0 bridgehead atoms. The van der Waals surface area contributed by atoms with E-state index in [0.29, 0.717) is 17.5 Å². The number of pyridine rings is 3. The molecule has 0 amide bonds. The summed E-state index contributed by atoms with van der Waals surface area (Å²) in [5, 5.41) is 5.94. The van der Waals surface area contributed by atoms with Crippen LogP contribution in [0.5, 0.6) is 0 Å². The average molecular weight is 539 g/mol. The van der Waals surface area contributed by atoms with Crippen molar-refractivity contribution in [3.05, 3.63) is 134 Å². The molecule has 6 nitrogen and oxygen atoms in total. The van der Waals surface area contributed by atoms with Gasteiger partial charge in [-0.05, 0) is 41.1 Å². The Labute approximate surface area is 241 Å². The molecule has 0 N–H and O–H groups in total. The van der Waals surface area contributed by atoms with Crippen LogP contribution in [0.2, 0.25) is 0 Å². The summed E-state index contributed by atoms with van der Waals surface area (Å²) in [7, 11) is 0. The Morgan fingerprint density at radius 1 is 0.381 bits per heavy atom. The second kappa shape index (κ2) is 9.94. The normalized spacial score (nSPS) is 11.3. The lowest BCUT2D eigenvalue weighted by molar-refractivity contribution is 1.07. The number of para-hydroxylation sites is 1. The molecule has 0 radical (unpaired) electrons. The second-order valence-corrected chi connectivity index (χ2v) is 10.1. The van der Waals surface area contributed by atoms with Gasteiger partial charge >= 0.3 is 0 Å². The molecule has 4 heterocycles. The van der Waals surface area contributed by atoms with Gasteiger partial charge < -0.3 is 0 Å². The van der Waals surface area contributed by atoms with E-state index >= 15 is 0 Å². The van der Waals surface area contributed by atoms with Crippen LogP contribution in [0, 0.1) is 0 Å². The van der Waals surface area contributed by atoms with Gasteiger partial charge in [0.25, 0.3) is 0 Å². The van der Waals surface area contributed by atoms with E-state index < -0.39 is 0 Å². The fraction of sp³-hybridized carbons (Fsp3) is 0. The fourth-order valence-corrected chi connectivity index (χ4v) is 5.47. The van der Waals surface area contributed by atoms with Gasteiger partial charge in [0.15, 0.2) is 17.5 Å². The minimum atomic E-state index is 0.560. The van der Waals surface area contributed by atoms with Crippen LogP contribution in [-0.4, -0.2) is 29.9 Å². The molecule has 0 saturated heterocycles. The molecule has 0 aliphatic rings. The van der Waals surface area contributed by atoms with Gasteiger partial charge in [0.2, 0.25) is 0 Å². The van der Waals surface area contributed by atoms with Crippen LogP contribution in [0.1, 0.15) is 0 Å². The summed E-state index contributed by atoms with van der Waals surface area (Å²) in [4.78, 5) is 28.0. The number of benzene rings is 4. The molecule has 4 aromatic carbocycles. The predicted octanol–water partition coefficient (Wildman–Crippen LogP) is 8.18. The van der Waals surface area contributed by atoms with Gasteiger partial charge in [-0.3, -0.25) is 9.97 Å². The van der Waals surface area contributed by atoms with Crippen molar-refractivity contribution in [2.45, 2.75) is 0 Å². The van der Waals surface area contributed by atoms with E-state index in [2.05, 4.69) is 88.8 Å². The number of aromatic nitrogens is 6. The van der Waals surface area contributed by atoms with E-state index in [1.54, 1.807) is 24.8 Å². The highest BCUT2D eigenvalue weighted by Crippen LogP contribution is 2.37. The lowest BCUT2D eigenvalue weighted by atomic mass is 9.95. The fourth-order valence-electron chi connectivity index (χ4n) is 5.47. The zero-order valence-corrected chi connectivity index (χ0v) is 22.4. The molecule has 8 rings (SSSR count). The molecule has 0 aliphatic carbocycles. The highest BCUT2D eigenvalue weighted by atomic mass is 15.0. The van der Waals surface area contributed by atoms with E-state index in [1.807, 2.05) is 30.3 Å². The minimum Gasteiger partial charge on any atom is -0.264 e. The van der Waals surface area contributed by atoms with Crippen LogP contribution < -0.4 is 0 Å². The zero-order valence-electron chi connectivity index (χ0n) is 22.4. The lowest BCUT2D eigenvalue weighted by Gasteiger charge is -2.13. The number of nitrogens with zero attached hydrogens (tertiary/aromatic N) is 6. The van der Waals surface area contributed by atoms with Crippen molar-refractivity contribution in [3.63, 3.8) is 0 Å². The standard InChI is InChI=1S/C36H22N6/c1-2-10-28-23(7-1)17-18-30-32(28)29-11-3-4-12-31(29)39-33(30)24-13-15-25(16-14-24)34-40-35(26-8-5-19-37-21-26)42-36(41-34)27-9-6-20-38-22-27/h1-22H. The molecular weight excluding hydrogens is 516 g/mol. The summed E-state index contributed by atoms with van der Waals surface area (Å²) in [6.07, 6.45) is 6.99. The number of hydrogen-bond donors (Lipinski definition) is 0. The van der Waals surface area contributed by atoms with E-state index in [4.69, 9.17) is 19.9 Å². The first kappa shape index (κ1) is 24.0. The van der Waals surface area contributed by atoms with Gasteiger partial charge in [-0.1, -0.05) is 78.9 Å². The maximum atomic E-state index is 5.14. The Bertz CT molecular complexity index is 2160. The predicted molar refractivity (Wildman–Crippen MR) is 167 cm³/mol. The van der Waals surface area contributed by atoms with Crippen molar-refractivity contribution >= 4 is 32.4 Å². The highest BCUT2D eigenvalue weighted by molar-refractivity contribution is 6.22. The molecule has 8 aromatic rings. The van der Waals surface area contributed by atoms with Crippen LogP contribution in [-0.2, 0) is 0 Å². The van der Waals surface area contributed by atoms with Gasteiger partial charge in [0.05, 0.1) is 11.2 Å². The molecule has 0 saturated carbocycles. The summed E-state index contributed by atoms with van der Waals surface area (Å²) in [5.41, 5.74) is 5.47. The number of hydrogen-bond acceptors (Lipinski definition) is 6. The molecule has 0 fully saturated rings. The van der Waals surface area contributed by atoms with Gasteiger partial charge in [0, 0.05) is 63.2 Å². The summed E-state index contributed by atoms with van der Waals surface area (Å²) in [6, 6.07) is 37.2. The first-order valence-corrected chi connectivity index (χ1v) is 13.7. The quantitative estimate of drug-likeness (QED) is 0.210. The van der Waals surface area contributed by atoms with Crippen LogP contribution in [0.3, 0.4) is 0 Å². The van der Waals surface area contributed by atoms with Crippen molar-refractivity contribution in [1.82, 2.24) is 29.9 Å². The maximum Gasteiger partial charge on any atom is 0.165 e. The van der Waals surface area contributed by atoms with Crippen LogP contribution >= 0.6 is 0 Å². The lowest BCUT2D eigenvalue weighted by Crippen LogP contribution is -2.00. The van der Waals surface area contributed by atoms with Gasteiger partial charge in [-0.25, -0.2) is 19.9 Å². The minimum absolute atomic E-state index is 0.560. The van der Waals surface area contributed by atoms with Crippen molar-refractivity contribution in [3.8, 4) is 45.4 Å². The SMILES string of the molecule is c1cncc(-c2nc(-c3ccc(-c4nc5ccccc5c5c4ccc4ccccc45)cc3)nc(-c3cccnc3)n2)c1. The third-order valence-electron chi connectivity index (χ3n) is 7.48. The molecule has 0 unspecified atom stereocenters. The first-order chi connectivity index (χ1) is 20.8. The van der Waals surface area contributed by atoms with Gasteiger partial charge in [-0.2, -0.15) is 0 Å². The van der Waals surface area contributed by atoms with Crippen LogP contribution in [0.25, 0.3) is 77.9 Å². The molecule has 196 valence electrons. The van der Waals surface area contributed by atoms with Crippen molar-refractivity contribution in [1.29, 1.82) is 0 Å². The van der Waals surface area contributed by atoms with E-state index in [0.717, 1.165) is 44.2 Å². The molecule has 42 heavy (non-hydrogen) atoms. The summed E-state index contributed by atoms with van der Waals surface area (Å²) >= 11 is 0. The molecule has 0 atom stereocenters. The topological polar surface area (TPSA) is 77.3 Å². The maximum absolute atomic E-state index is 5.14. The smallest absolute Gasteiger partial charge is 0.165 e. The molecule has 0 spiro atoms. The Morgan fingerprint density at radius 3 is 1.64 bits per heavy atom. The Balaban J connectivity index is 1.28. The van der Waals surface area contributed by atoms with Crippen molar-refractivity contribution in [2.75, 3.05) is 0 Å². The average Bonchev–Trinajstić information content (AvgIpc) is 3.08.